The highest BCUT2D eigenvalue weighted by molar-refractivity contribution is 5.28. The van der Waals surface area contributed by atoms with Crippen molar-refractivity contribution in [2.75, 3.05) is 7.05 Å². The Kier molecular flexibility index (Phi) is 3.99. The van der Waals surface area contributed by atoms with Crippen LogP contribution in [-0.2, 0) is 6.42 Å². The quantitative estimate of drug-likeness (QED) is 0.899. The molecule has 0 saturated heterocycles. The smallest absolute Gasteiger partial charge is 0.123 e. The monoisotopic (exact) mass is 245 g/mol. The molecule has 0 aliphatic heterocycles. The first-order valence-electron chi connectivity index (χ1n) is 5.88. The minimum Gasteiger partial charge on any atom is -0.313 e. The molecule has 4 heteroatoms. The van der Waals surface area contributed by atoms with Crippen LogP contribution in [0.4, 0.5) is 4.39 Å². The number of halogens is 1. The van der Waals surface area contributed by atoms with Crippen LogP contribution < -0.4 is 5.32 Å². The lowest BCUT2D eigenvalue weighted by Gasteiger charge is -2.17. The summed E-state index contributed by atoms with van der Waals surface area (Å²) in [5.41, 5.74) is 3.12. The van der Waals surface area contributed by atoms with Crippen molar-refractivity contribution >= 4 is 0 Å². The van der Waals surface area contributed by atoms with Crippen LogP contribution in [0, 0.1) is 12.7 Å². The highest BCUT2D eigenvalue weighted by Crippen LogP contribution is 2.19. The van der Waals surface area contributed by atoms with Crippen molar-refractivity contribution in [3.05, 3.63) is 59.4 Å². The van der Waals surface area contributed by atoms with Gasteiger partial charge in [0.2, 0.25) is 0 Å². The Morgan fingerprint density at radius 3 is 2.61 bits per heavy atom. The van der Waals surface area contributed by atoms with E-state index in [0.717, 1.165) is 23.1 Å². The number of likely N-dealkylation sites (N-methyl/N-ethyl adjacent to an activating group) is 1. The Hall–Kier alpha value is -1.81. The number of aryl methyl sites for hydroxylation is 1. The summed E-state index contributed by atoms with van der Waals surface area (Å²) in [6.45, 7) is 1.92. The molecule has 0 spiro atoms. The van der Waals surface area contributed by atoms with Gasteiger partial charge in [-0.3, -0.25) is 0 Å². The lowest BCUT2D eigenvalue weighted by molar-refractivity contribution is 0.582. The van der Waals surface area contributed by atoms with E-state index in [2.05, 4.69) is 15.3 Å². The predicted molar refractivity (Wildman–Crippen MR) is 68.7 cm³/mol. The van der Waals surface area contributed by atoms with Crippen molar-refractivity contribution in [3.63, 3.8) is 0 Å². The molecular formula is C14H16FN3. The van der Waals surface area contributed by atoms with Crippen molar-refractivity contribution in [1.29, 1.82) is 0 Å². The fraction of sp³-hybridized carbons (Fsp3) is 0.286. The topological polar surface area (TPSA) is 37.8 Å². The number of hydrogen-bond acceptors (Lipinski definition) is 3. The fourth-order valence-corrected chi connectivity index (χ4v) is 1.99. The van der Waals surface area contributed by atoms with E-state index in [9.17, 15) is 4.39 Å². The van der Waals surface area contributed by atoms with E-state index in [0.29, 0.717) is 0 Å². The maximum Gasteiger partial charge on any atom is 0.123 e. The van der Waals surface area contributed by atoms with Crippen molar-refractivity contribution in [3.8, 4) is 0 Å². The van der Waals surface area contributed by atoms with Crippen LogP contribution in [-0.4, -0.2) is 17.0 Å². The van der Waals surface area contributed by atoms with Gasteiger partial charge in [0.05, 0.1) is 0 Å². The molecule has 0 radical (unpaired) electrons. The highest BCUT2D eigenvalue weighted by Gasteiger charge is 2.12. The Morgan fingerprint density at radius 2 is 2.00 bits per heavy atom. The summed E-state index contributed by atoms with van der Waals surface area (Å²) in [6.07, 6.45) is 5.90. The molecule has 0 saturated carbocycles. The first kappa shape index (κ1) is 12.6. The molecule has 1 heterocycles. The van der Waals surface area contributed by atoms with E-state index in [1.165, 1.54) is 12.4 Å². The second-order valence-electron chi connectivity index (χ2n) is 4.29. The van der Waals surface area contributed by atoms with Crippen LogP contribution in [0.2, 0.25) is 0 Å². The molecule has 2 aromatic rings. The zero-order valence-corrected chi connectivity index (χ0v) is 10.5. The standard InChI is InChI=1S/C14H16FN3/c1-10-5-13(15)4-3-11(10)6-14(16-2)12-7-17-9-18-8-12/h3-5,7-9,14,16H,6H2,1-2H3. The van der Waals surface area contributed by atoms with Gasteiger partial charge in [-0.25, -0.2) is 14.4 Å². The van der Waals surface area contributed by atoms with Gasteiger partial charge in [0.15, 0.2) is 0 Å². The number of nitrogens with one attached hydrogen (secondary N) is 1. The summed E-state index contributed by atoms with van der Waals surface area (Å²) in [5, 5.41) is 3.23. The molecule has 0 fully saturated rings. The average Bonchev–Trinajstić information content (AvgIpc) is 2.39. The van der Waals surface area contributed by atoms with Crippen LogP contribution in [0.1, 0.15) is 22.7 Å². The van der Waals surface area contributed by atoms with Crippen molar-refractivity contribution in [2.24, 2.45) is 0 Å². The summed E-state index contributed by atoms with van der Waals surface area (Å²) in [6, 6.07) is 5.02. The van der Waals surface area contributed by atoms with Gasteiger partial charge < -0.3 is 5.32 Å². The number of nitrogens with zero attached hydrogens (tertiary/aromatic N) is 2. The van der Waals surface area contributed by atoms with Gasteiger partial charge in [0.25, 0.3) is 0 Å². The molecule has 94 valence electrons. The Bertz CT molecular complexity index is 514. The van der Waals surface area contributed by atoms with E-state index in [-0.39, 0.29) is 11.9 Å². The summed E-state index contributed by atoms with van der Waals surface area (Å²) >= 11 is 0. The maximum atomic E-state index is 13.1. The largest absolute Gasteiger partial charge is 0.313 e. The molecule has 3 nitrogen and oxygen atoms in total. The molecule has 0 bridgehead atoms. The van der Waals surface area contributed by atoms with E-state index >= 15 is 0 Å². The molecule has 1 atom stereocenters. The van der Waals surface area contributed by atoms with Gasteiger partial charge in [0, 0.05) is 24.0 Å². The second-order valence-corrected chi connectivity index (χ2v) is 4.29. The molecule has 0 amide bonds. The number of aromatic nitrogens is 2. The predicted octanol–water partition coefficient (Wildman–Crippen LogP) is 2.43. The van der Waals surface area contributed by atoms with Gasteiger partial charge in [-0.1, -0.05) is 6.07 Å². The van der Waals surface area contributed by atoms with Crippen LogP contribution in [0.15, 0.2) is 36.9 Å². The molecule has 18 heavy (non-hydrogen) atoms. The van der Waals surface area contributed by atoms with Crippen LogP contribution in [0.25, 0.3) is 0 Å². The third-order valence-electron chi connectivity index (χ3n) is 3.06. The normalized spacial score (nSPS) is 12.4. The summed E-state index contributed by atoms with van der Waals surface area (Å²) in [4.78, 5) is 8.04. The lowest BCUT2D eigenvalue weighted by atomic mass is 9.98. The summed E-state index contributed by atoms with van der Waals surface area (Å²) in [5.74, 6) is -0.194. The highest BCUT2D eigenvalue weighted by atomic mass is 19.1. The number of benzene rings is 1. The third-order valence-corrected chi connectivity index (χ3v) is 3.06. The van der Waals surface area contributed by atoms with Crippen LogP contribution in [0.3, 0.4) is 0 Å². The molecule has 0 aliphatic carbocycles. The first-order valence-corrected chi connectivity index (χ1v) is 5.88. The Morgan fingerprint density at radius 1 is 1.28 bits per heavy atom. The fourth-order valence-electron chi connectivity index (χ4n) is 1.99. The van der Waals surface area contributed by atoms with Crippen LogP contribution in [0.5, 0.6) is 0 Å². The Balaban J connectivity index is 2.21. The van der Waals surface area contributed by atoms with E-state index in [4.69, 9.17) is 0 Å². The van der Waals surface area contributed by atoms with Gasteiger partial charge in [0.1, 0.15) is 12.1 Å². The van der Waals surface area contributed by atoms with Crippen LogP contribution >= 0.6 is 0 Å². The van der Waals surface area contributed by atoms with Gasteiger partial charge >= 0.3 is 0 Å². The molecule has 1 N–H and O–H groups in total. The maximum absolute atomic E-state index is 13.1. The molecule has 2 rings (SSSR count). The number of hydrogen-bond donors (Lipinski definition) is 1. The molecule has 1 aromatic heterocycles. The van der Waals surface area contributed by atoms with E-state index < -0.39 is 0 Å². The van der Waals surface area contributed by atoms with Gasteiger partial charge in [-0.05, 0) is 43.7 Å². The van der Waals surface area contributed by atoms with Crippen molar-refractivity contribution in [1.82, 2.24) is 15.3 Å². The van der Waals surface area contributed by atoms with Crippen molar-refractivity contribution < 1.29 is 4.39 Å². The lowest BCUT2D eigenvalue weighted by Crippen LogP contribution is -2.19. The molecular weight excluding hydrogens is 229 g/mol. The van der Waals surface area contributed by atoms with Gasteiger partial charge in [-0.2, -0.15) is 0 Å². The first-order chi connectivity index (χ1) is 8.70. The molecule has 0 aliphatic rings. The Labute approximate surface area is 106 Å². The van der Waals surface area contributed by atoms with E-state index in [1.807, 2.05) is 20.0 Å². The summed E-state index contributed by atoms with van der Waals surface area (Å²) < 4.78 is 13.1. The summed E-state index contributed by atoms with van der Waals surface area (Å²) in [7, 11) is 1.90. The number of rotatable bonds is 4. The molecule has 1 aromatic carbocycles. The van der Waals surface area contributed by atoms with E-state index in [1.54, 1.807) is 18.5 Å². The average molecular weight is 245 g/mol. The van der Waals surface area contributed by atoms with Crippen molar-refractivity contribution in [2.45, 2.75) is 19.4 Å². The second kappa shape index (κ2) is 5.69. The minimum absolute atomic E-state index is 0.135. The zero-order valence-electron chi connectivity index (χ0n) is 10.5. The minimum atomic E-state index is -0.194. The van der Waals surface area contributed by atoms with Gasteiger partial charge in [-0.15, -0.1) is 0 Å². The molecule has 1 unspecified atom stereocenters. The third kappa shape index (κ3) is 2.90. The SMILES string of the molecule is CNC(Cc1ccc(F)cc1C)c1cncnc1. The zero-order chi connectivity index (χ0) is 13.0.